The lowest BCUT2D eigenvalue weighted by atomic mass is 10.1. The number of ether oxygens (including phenoxy) is 1. The van der Waals surface area contributed by atoms with E-state index >= 15 is 0 Å². The molecule has 0 spiro atoms. The first-order valence-corrected chi connectivity index (χ1v) is 11.8. The van der Waals surface area contributed by atoms with E-state index in [9.17, 15) is 17.6 Å². The first kappa shape index (κ1) is 21.7. The lowest BCUT2D eigenvalue weighted by Gasteiger charge is -2.26. The van der Waals surface area contributed by atoms with Gasteiger partial charge in [-0.05, 0) is 61.4 Å². The zero-order valence-electron chi connectivity index (χ0n) is 17.4. The summed E-state index contributed by atoms with van der Waals surface area (Å²) >= 11 is 0. The first-order chi connectivity index (χ1) is 14.9. The Hall–Kier alpha value is -2.49. The Balaban J connectivity index is 1.47. The van der Waals surface area contributed by atoms with E-state index in [-0.39, 0.29) is 16.8 Å². The number of nitrogens with zero attached hydrogens (tertiary/aromatic N) is 2. The molecular weight excluding hydrogens is 421 g/mol. The van der Waals surface area contributed by atoms with Crippen molar-refractivity contribution in [2.45, 2.75) is 24.3 Å². The molecule has 1 atom stereocenters. The normalized spacial score (nSPS) is 19.3. The molecule has 0 aliphatic carbocycles. The number of halogens is 1. The van der Waals surface area contributed by atoms with Crippen LogP contribution in [0.3, 0.4) is 0 Å². The van der Waals surface area contributed by atoms with Crippen molar-refractivity contribution in [1.29, 1.82) is 0 Å². The van der Waals surface area contributed by atoms with Crippen LogP contribution in [0.15, 0.2) is 47.4 Å². The molecule has 0 aromatic heterocycles. The maximum absolute atomic E-state index is 13.2. The van der Waals surface area contributed by atoms with Gasteiger partial charge in [0, 0.05) is 37.8 Å². The van der Waals surface area contributed by atoms with E-state index in [2.05, 4.69) is 10.2 Å². The molecule has 2 aliphatic heterocycles. The number of sulfonamides is 1. The maximum atomic E-state index is 13.2. The van der Waals surface area contributed by atoms with E-state index in [1.54, 1.807) is 18.2 Å². The second-order valence-electron chi connectivity index (χ2n) is 7.86. The topological polar surface area (TPSA) is 79.0 Å². The Kier molecular flexibility index (Phi) is 6.27. The van der Waals surface area contributed by atoms with E-state index < -0.39 is 15.8 Å². The molecular formula is C22H26FN3O4S. The minimum Gasteiger partial charge on any atom is -0.379 e. The van der Waals surface area contributed by atoms with Crippen molar-refractivity contribution in [2.75, 3.05) is 43.7 Å². The summed E-state index contributed by atoms with van der Waals surface area (Å²) in [6.07, 6.45) is 0.505. The van der Waals surface area contributed by atoms with Gasteiger partial charge in [-0.1, -0.05) is 0 Å². The number of anilines is 1. The average Bonchev–Trinajstić information content (AvgIpc) is 3.10. The number of benzene rings is 2. The fraction of sp³-hybridized carbons (Fsp3) is 0.409. The van der Waals surface area contributed by atoms with Crippen LogP contribution in [0, 0.1) is 5.82 Å². The molecule has 7 nitrogen and oxygen atoms in total. The predicted molar refractivity (Wildman–Crippen MR) is 115 cm³/mol. The third-order valence-electron chi connectivity index (χ3n) is 5.68. The number of rotatable bonds is 6. The summed E-state index contributed by atoms with van der Waals surface area (Å²) in [7, 11) is -3.83. The zero-order chi connectivity index (χ0) is 22.0. The third-order valence-corrected chi connectivity index (χ3v) is 7.62. The summed E-state index contributed by atoms with van der Waals surface area (Å²) in [6, 6.07) is 9.60. The molecule has 0 saturated carbocycles. The highest BCUT2D eigenvalue weighted by Gasteiger charge is 2.36. The lowest BCUT2D eigenvalue weighted by molar-refractivity contribution is 0.0383. The fourth-order valence-corrected chi connectivity index (χ4v) is 5.78. The van der Waals surface area contributed by atoms with Gasteiger partial charge in [0.2, 0.25) is 0 Å². The van der Waals surface area contributed by atoms with Crippen LogP contribution >= 0.6 is 0 Å². The molecule has 4 rings (SSSR count). The molecule has 31 heavy (non-hydrogen) atoms. The van der Waals surface area contributed by atoms with Gasteiger partial charge in [-0.2, -0.15) is 0 Å². The highest BCUT2D eigenvalue weighted by atomic mass is 32.2. The Morgan fingerprint density at radius 3 is 2.58 bits per heavy atom. The molecule has 1 amide bonds. The van der Waals surface area contributed by atoms with Crippen molar-refractivity contribution in [2.24, 2.45) is 0 Å². The number of amides is 1. The van der Waals surface area contributed by atoms with Crippen molar-refractivity contribution in [3.05, 3.63) is 59.4 Å². The van der Waals surface area contributed by atoms with E-state index in [0.29, 0.717) is 37.4 Å². The van der Waals surface area contributed by atoms with Gasteiger partial charge in [0.25, 0.3) is 15.9 Å². The monoisotopic (exact) mass is 447 g/mol. The largest absolute Gasteiger partial charge is 0.379 e. The minimum atomic E-state index is -3.83. The fourth-order valence-electron chi connectivity index (χ4n) is 4.08. The molecule has 9 heteroatoms. The molecule has 1 saturated heterocycles. The van der Waals surface area contributed by atoms with Crippen LogP contribution in [0.5, 0.6) is 0 Å². The van der Waals surface area contributed by atoms with Gasteiger partial charge in [-0.15, -0.1) is 0 Å². The van der Waals surface area contributed by atoms with Gasteiger partial charge in [0.15, 0.2) is 0 Å². The van der Waals surface area contributed by atoms with Crippen LogP contribution < -0.4 is 9.62 Å². The van der Waals surface area contributed by atoms with E-state index in [1.165, 1.54) is 16.4 Å². The molecule has 0 radical (unpaired) electrons. The van der Waals surface area contributed by atoms with Crippen molar-refractivity contribution in [1.82, 2.24) is 10.2 Å². The predicted octanol–water partition coefficient (Wildman–Crippen LogP) is 2.03. The van der Waals surface area contributed by atoms with Gasteiger partial charge in [-0.25, -0.2) is 12.8 Å². The Labute approximate surface area is 181 Å². The van der Waals surface area contributed by atoms with Gasteiger partial charge in [0.05, 0.1) is 23.8 Å². The molecule has 0 unspecified atom stereocenters. The zero-order valence-corrected chi connectivity index (χ0v) is 18.2. The second kappa shape index (κ2) is 8.94. The SMILES string of the molecule is C[C@H]1Cc2cc(C(=O)NCCN3CCOCC3)ccc2N1S(=O)(=O)c1ccc(F)cc1. The van der Waals surface area contributed by atoms with Crippen molar-refractivity contribution in [3.8, 4) is 0 Å². The van der Waals surface area contributed by atoms with Gasteiger partial charge in [0.1, 0.15) is 5.82 Å². The summed E-state index contributed by atoms with van der Waals surface area (Å²) in [5.74, 6) is -0.665. The Bertz CT molecular complexity index is 1050. The highest BCUT2D eigenvalue weighted by molar-refractivity contribution is 7.92. The molecule has 1 N–H and O–H groups in total. The van der Waals surface area contributed by atoms with Crippen LogP contribution in [0.25, 0.3) is 0 Å². The molecule has 2 aromatic rings. The van der Waals surface area contributed by atoms with Crippen LogP contribution in [0.2, 0.25) is 0 Å². The Morgan fingerprint density at radius 1 is 1.16 bits per heavy atom. The van der Waals surface area contributed by atoms with Crippen molar-refractivity contribution >= 4 is 21.6 Å². The van der Waals surface area contributed by atoms with Crippen molar-refractivity contribution < 1.29 is 22.3 Å². The molecule has 2 aliphatic rings. The Morgan fingerprint density at radius 2 is 1.87 bits per heavy atom. The quantitative estimate of drug-likeness (QED) is 0.733. The second-order valence-corrected chi connectivity index (χ2v) is 9.68. The number of carbonyl (C=O) groups is 1. The summed E-state index contributed by atoms with van der Waals surface area (Å²) in [5.41, 5.74) is 1.87. The molecule has 2 aromatic carbocycles. The van der Waals surface area contributed by atoms with Gasteiger partial charge < -0.3 is 10.1 Å². The van der Waals surface area contributed by atoms with Gasteiger partial charge in [-0.3, -0.25) is 14.0 Å². The molecule has 1 fully saturated rings. The van der Waals surface area contributed by atoms with E-state index in [4.69, 9.17) is 4.74 Å². The molecule has 2 heterocycles. The van der Waals surface area contributed by atoms with Gasteiger partial charge >= 0.3 is 0 Å². The summed E-state index contributed by atoms with van der Waals surface area (Å²) in [6.45, 7) is 6.29. The summed E-state index contributed by atoms with van der Waals surface area (Å²) < 4.78 is 46.2. The standard InChI is InChI=1S/C22H26FN3O4S/c1-16-14-18-15-17(22(27)24-8-9-25-10-12-30-13-11-25)2-7-21(18)26(16)31(28,29)20-5-3-19(23)4-6-20/h2-7,15-16H,8-14H2,1H3,(H,24,27)/t16-/m0/s1. The van der Waals surface area contributed by atoms with E-state index in [0.717, 1.165) is 37.3 Å². The number of carbonyl (C=O) groups excluding carboxylic acids is 1. The number of nitrogens with one attached hydrogen (secondary N) is 1. The number of hydrogen-bond acceptors (Lipinski definition) is 5. The number of morpholine rings is 1. The maximum Gasteiger partial charge on any atom is 0.264 e. The molecule has 166 valence electrons. The van der Waals surface area contributed by atoms with Crippen LogP contribution in [-0.2, 0) is 21.2 Å². The molecule has 0 bridgehead atoms. The third kappa shape index (κ3) is 4.58. The van der Waals surface area contributed by atoms with Crippen LogP contribution in [-0.4, -0.2) is 64.7 Å². The van der Waals surface area contributed by atoms with E-state index in [1.807, 2.05) is 6.92 Å². The number of fused-ring (bicyclic) bond motifs is 1. The summed E-state index contributed by atoms with van der Waals surface area (Å²) in [4.78, 5) is 14.9. The minimum absolute atomic E-state index is 0.0403. The average molecular weight is 448 g/mol. The highest BCUT2D eigenvalue weighted by Crippen LogP contribution is 2.37. The van der Waals surface area contributed by atoms with Crippen LogP contribution in [0.4, 0.5) is 10.1 Å². The number of hydrogen-bond donors (Lipinski definition) is 1. The first-order valence-electron chi connectivity index (χ1n) is 10.4. The van der Waals surface area contributed by atoms with Crippen molar-refractivity contribution in [3.63, 3.8) is 0 Å². The lowest BCUT2D eigenvalue weighted by Crippen LogP contribution is -2.41. The van der Waals surface area contributed by atoms with Crippen LogP contribution in [0.1, 0.15) is 22.8 Å². The summed E-state index contributed by atoms with van der Waals surface area (Å²) in [5, 5.41) is 2.93. The smallest absolute Gasteiger partial charge is 0.264 e.